The van der Waals surface area contributed by atoms with Gasteiger partial charge in [0.1, 0.15) is 0 Å². The minimum atomic E-state index is -0.0419. The Morgan fingerprint density at radius 1 is 0.140 bits per heavy atom. The summed E-state index contributed by atoms with van der Waals surface area (Å²) in [6, 6.07) is 154. The molecule has 0 saturated carbocycles. The maximum absolute atomic E-state index is 2.45. The lowest BCUT2D eigenvalue weighted by Crippen LogP contribution is -2.21. The van der Waals surface area contributed by atoms with E-state index in [1.165, 1.54) is 245 Å². The van der Waals surface area contributed by atoms with Crippen LogP contribution in [0.3, 0.4) is 0 Å². The molecule has 0 fully saturated rings. The molecule has 0 aromatic heterocycles. The van der Waals surface area contributed by atoms with Crippen molar-refractivity contribution in [3.63, 3.8) is 0 Å². The molecule has 0 amide bonds. The minimum Gasteiger partial charge on any atom is -0.344 e. The summed E-state index contributed by atoms with van der Waals surface area (Å²) in [6.45, 7) is 49.4. The van der Waals surface area contributed by atoms with E-state index in [1.807, 2.05) is 138 Å². The molecule has 7 aliphatic rings. The molecule has 0 bridgehead atoms. The highest BCUT2D eigenvalue weighted by molar-refractivity contribution is 6.13. The lowest BCUT2D eigenvalue weighted by atomic mass is 9.80. The third kappa shape index (κ3) is 20.6. The summed E-state index contributed by atoms with van der Waals surface area (Å²) >= 11 is 0. The number of fused-ring (bicyclic) bond motifs is 37. The van der Waals surface area contributed by atoms with E-state index in [4.69, 9.17) is 0 Å². The van der Waals surface area contributed by atoms with Crippen molar-refractivity contribution in [2.24, 2.45) is 0 Å². The van der Waals surface area contributed by atoms with Crippen LogP contribution in [0.5, 0.6) is 0 Å². The average molecular weight is 1970 g/mol. The molecule has 762 valence electrons. The van der Waals surface area contributed by atoms with Gasteiger partial charge in [-0.1, -0.05) is 530 Å². The number of anilines is 10. The Bertz CT molecular complexity index is 7870. The van der Waals surface area contributed by atoms with Crippen LogP contribution >= 0.6 is 0 Å². The van der Waals surface area contributed by atoms with E-state index in [9.17, 15) is 0 Å². The van der Waals surface area contributed by atoms with Crippen molar-refractivity contribution < 1.29 is 0 Å². The van der Waals surface area contributed by atoms with Gasteiger partial charge in [0.25, 0.3) is 0 Å². The molecule has 5 aliphatic heterocycles. The molecule has 20 aromatic carbocycles. The van der Waals surface area contributed by atoms with Crippen molar-refractivity contribution in [2.45, 2.75) is 177 Å². The van der Waals surface area contributed by atoms with Gasteiger partial charge in [0.15, 0.2) is 0 Å². The minimum absolute atomic E-state index is 0.00757. The Morgan fingerprint density at radius 3 is 0.813 bits per heavy atom. The van der Waals surface area contributed by atoms with Gasteiger partial charge in [0, 0.05) is 153 Å². The van der Waals surface area contributed by atoms with E-state index in [0.29, 0.717) is 0 Å². The fourth-order valence-corrected chi connectivity index (χ4v) is 22.4. The molecule has 0 atom stereocenters. The van der Waals surface area contributed by atoms with E-state index < -0.39 is 0 Å². The maximum atomic E-state index is 2.45. The Hall–Kier alpha value is -15.8. The predicted molar refractivity (Wildman–Crippen MR) is 668 cm³/mol. The fraction of sp³-hybridized carbons (Fsp3) is 0.214. The normalized spacial score (nSPS) is 12.1. The monoisotopic (exact) mass is 1970 g/mol. The molecule has 27 rings (SSSR count). The van der Waals surface area contributed by atoms with E-state index in [0.717, 1.165) is 0 Å². The second kappa shape index (κ2) is 51.2. The number of hydrogen-bond donors (Lipinski definition) is 0. The molecule has 0 radical (unpaired) electrons. The molecule has 0 spiro atoms. The lowest BCUT2D eigenvalue weighted by molar-refractivity contribution is 0.660. The van der Waals surface area contributed by atoms with Gasteiger partial charge in [-0.2, -0.15) is 0 Å². The molecule has 0 unspecified atom stereocenters. The molecule has 20 aromatic rings. The highest BCUT2D eigenvalue weighted by atomic mass is 15.1. The highest BCUT2D eigenvalue weighted by Crippen LogP contribution is 2.61. The third-order valence-electron chi connectivity index (χ3n) is 28.7. The first-order valence-corrected chi connectivity index (χ1v) is 55.4. The summed E-state index contributed by atoms with van der Waals surface area (Å²) < 4.78 is 0. The van der Waals surface area contributed by atoms with Crippen LogP contribution in [-0.2, 0) is 10.8 Å². The van der Waals surface area contributed by atoms with Crippen LogP contribution < -0.4 is 24.5 Å². The van der Waals surface area contributed by atoms with Crippen LogP contribution in [0.1, 0.15) is 188 Å². The van der Waals surface area contributed by atoms with E-state index in [2.05, 4.69) is 512 Å². The third-order valence-corrected chi connectivity index (χ3v) is 28.7. The number of para-hydroxylation sites is 5. The van der Waals surface area contributed by atoms with Crippen molar-refractivity contribution in [3.05, 3.63) is 447 Å². The van der Waals surface area contributed by atoms with Crippen molar-refractivity contribution in [1.82, 2.24) is 0 Å². The predicted octanol–water partition coefficient (Wildman–Crippen LogP) is 43.8. The van der Waals surface area contributed by atoms with Crippen LogP contribution in [0.25, 0.3) is 166 Å². The molecule has 150 heavy (non-hydrogen) atoms. The Balaban J connectivity index is 0.000000150. The van der Waals surface area contributed by atoms with Gasteiger partial charge in [0.05, 0.1) is 11.4 Å². The highest BCUT2D eigenvalue weighted by Gasteiger charge is 2.42. The topological polar surface area (TPSA) is 16.2 Å². The standard InChI is InChI=1S/2C28H23N.3C23H17N.10C2H6/c1-28(2)24-14-8-6-12-20(24)22-17-27-23(16-25(22)28)19-11-5-4-10-18(19)21-13-7-9-15-26(21)29(27)3;1-28(2)24-14-8-6-12-20(24)22-16-17-23-19-11-5-4-10-18(19)21-13-7-9-15-25(21)29(3)27(23)26(22)28;1-24-21-13-7-6-11-19(21)18-10-4-5-12-20(18)23-17-9-3-2-8-16(17)14-15-22(23)24;1-24-22-13-7-6-12-20(22)18-10-4-5-11-19(18)21-14-16-8-2-3-9-17(16)15-23(21)24;1-24-22-13-7-6-12-20(22)18-10-4-5-11-19(18)21-15-14-16-8-2-3-9-17(16)23(21)24;10*1-2/h2*4-17H,1-3H3;3*2-15H,1H3;10*1-2H3. The first-order chi connectivity index (χ1) is 73.7. The number of nitrogens with zero attached hydrogens (tertiary/aromatic N) is 5. The van der Waals surface area contributed by atoms with Gasteiger partial charge in [-0.15, -0.1) is 0 Å². The molecular formula is C145H157N5. The summed E-state index contributed by atoms with van der Waals surface area (Å²) in [6.07, 6.45) is 0. The van der Waals surface area contributed by atoms with Crippen molar-refractivity contribution >= 4 is 89.2 Å². The molecule has 0 N–H and O–H groups in total. The summed E-state index contributed by atoms with van der Waals surface area (Å²) in [5, 5.41) is 7.72. The number of rotatable bonds is 0. The fourth-order valence-electron chi connectivity index (χ4n) is 22.4. The average Bonchev–Trinajstić information content (AvgIpc) is 1.55. The van der Waals surface area contributed by atoms with Crippen LogP contribution in [0.15, 0.2) is 425 Å². The zero-order valence-corrected chi connectivity index (χ0v) is 94.7. The molecule has 2 aliphatic carbocycles. The second-order valence-electron chi connectivity index (χ2n) is 36.3. The van der Waals surface area contributed by atoms with Gasteiger partial charge in [-0.25, -0.2) is 0 Å². The van der Waals surface area contributed by atoms with Crippen LogP contribution in [0.4, 0.5) is 56.9 Å². The quantitative estimate of drug-likeness (QED) is 0.150. The van der Waals surface area contributed by atoms with Crippen molar-refractivity contribution in [1.29, 1.82) is 0 Å². The van der Waals surface area contributed by atoms with Gasteiger partial charge in [-0.3, -0.25) is 0 Å². The van der Waals surface area contributed by atoms with Gasteiger partial charge < -0.3 is 24.5 Å². The van der Waals surface area contributed by atoms with Crippen LogP contribution in [0.2, 0.25) is 0 Å². The molecule has 5 heteroatoms. The van der Waals surface area contributed by atoms with E-state index >= 15 is 0 Å². The van der Waals surface area contributed by atoms with Gasteiger partial charge >= 0.3 is 0 Å². The Kier molecular flexibility index (Phi) is 38.0. The lowest BCUT2D eigenvalue weighted by Gasteiger charge is -2.31. The summed E-state index contributed by atoms with van der Waals surface area (Å²) in [5.41, 5.74) is 49.9. The molecular weight excluding hydrogens is 1810 g/mol. The number of benzene rings is 20. The Labute approximate surface area is 900 Å². The largest absolute Gasteiger partial charge is 0.344 e. The van der Waals surface area contributed by atoms with Gasteiger partial charge in [-0.05, 0) is 188 Å². The second-order valence-corrected chi connectivity index (χ2v) is 36.3. The molecule has 5 nitrogen and oxygen atoms in total. The first-order valence-electron chi connectivity index (χ1n) is 55.4. The van der Waals surface area contributed by atoms with Gasteiger partial charge in [0.2, 0.25) is 0 Å². The van der Waals surface area contributed by atoms with Crippen LogP contribution in [-0.4, -0.2) is 35.2 Å². The van der Waals surface area contributed by atoms with E-state index in [-0.39, 0.29) is 10.8 Å². The summed E-state index contributed by atoms with van der Waals surface area (Å²) in [7, 11) is 10.9. The number of hydrogen-bond acceptors (Lipinski definition) is 5. The summed E-state index contributed by atoms with van der Waals surface area (Å²) in [4.78, 5) is 11.7. The SMILES string of the molecule is CC.CC.CC.CC.CC.CC.CC.CC.CC.CC.CN1c2ccccc2-c2ccccc2-c2c1ccc1ccccc21.CN1c2ccccc2-c2ccccc2-c2cc3c(cc21)-c1ccccc1C3(C)C.CN1c2ccccc2-c2ccccc2-c2cc3ccccc3cc21.CN1c2ccccc2-c2ccccc2-c2ccc3c(c21)C(C)(C)c1ccccc1-3.CN1c2ccccc2-c2ccccc2-c2ccc3ccccc3c21. The first kappa shape index (κ1) is 111. The zero-order valence-electron chi connectivity index (χ0n) is 94.7. The Morgan fingerprint density at radius 2 is 0.393 bits per heavy atom. The van der Waals surface area contributed by atoms with Crippen molar-refractivity contribution in [3.8, 4) is 134 Å². The van der Waals surface area contributed by atoms with E-state index in [1.54, 1.807) is 0 Å². The summed E-state index contributed by atoms with van der Waals surface area (Å²) in [5.74, 6) is 0. The smallest absolute Gasteiger partial charge is 0.0567 e. The van der Waals surface area contributed by atoms with Crippen LogP contribution in [0, 0.1) is 0 Å². The molecule has 0 saturated heterocycles. The maximum Gasteiger partial charge on any atom is 0.0567 e. The molecule has 5 heterocycles. The van der Waals surface area contributed by atoms with Crippen molar-refractivity contribution in [2.75, 3.05) is 59.7 Å². The zero-order chi connectivity index (χ0) is 108.